The summed E-state index contributed by atoms with van der Waals surface area (Å²) >= 11 is 0. The fourth-order valence-corrected chi connectivity index (χ4v) is 6.57. The normalized spacial score (nSPS) is 30.4. The van der Waals surface area contributed by atoms with Crippen LogP contribution in [0.4, 0.5) is 4.79 Å². The van der Waals surface area contributed by atoms with E-state index in [-0.39, 0.29) is 23.4 Å². The van der Waals surface area contributed by atoms with Gasteiger partial charge in [0, 0.05) is 18.1 Å². The molecule has 4 aliphatic carbocycles. The molecule has 29 heavy (non-hydrogen) atoms. The van der Waals surface area contributed by atoms with E-state index in [4.69, 9.17) is 4.18 Å². The highest BCUT2D eigenvalue weighted by atomic mass is 32.2. The maximum absolute atomic E-state index is 13.3. The van der Waals surface area contributed by atoms with Crippen LogP contribution in [0.3, 0.4) is 0 Å². The Morgan fingerprint density at radius 3 is 2.28 bits per heavy atom. The average molecular weight is 421 g/mol. The van der Waals surface area contributed by atoms with Gasteiger partial charge in [-0.1, -0.05) is 12.1 Å². The molecular formula is C22H32N2O4S. The Hall–Kier alpha value is -1.76. The highest BCUT2D eigenvalue weighted by Crippen LogP contribution is 2.55. The van der Waals surface area contributed by atoms with E-state index < -0.39 is 10.1 Å². The maximum atomic E-state index is 13.3. The Morgan fingerprint density at radius 1 is 1.17 bits per heavy atom. The fourth-order valence-electron chi connectivity index (χ4n) is 6.12. The van der Waals surface area contributed by atoms with Gasteiger partial charge in [0.1, 0.15) is 5.75 Å². The third-order valence-electron chi connectivity index (χ3n) is 6.79. The standard InChI is InChI=1S/C22H32N2O4S/c1-15(2)24(14-16-5-4-6-20(10-16)28-29(3,26)27)21(25)23-22-11-17-7-18(12-22)9-19(8-17)13-22/h4-6,10,15,17-19H,7-9,11-14H2,1-3H3,(H,23,25). The monoisotopic (exact) mass is 420 g/mol. The molecule has 0 aliphatic heterocycles. The minimum atomic E-state index is -3.58. The lowest BCUT2D eigenvalue weighted by molar-refractivity contribution is -0.0163. The van der Waals surface area contributed by atoms with Gasteiger partial charge in [-0.25, -0.2) is 4.79 Å². The van der Waals surface area contributed by atoms with Crippen LogP contribution in [0.25, 0.3) is 0 Å². The summed E-state index contributed by atoms with van der Waals surface area (Å²) in [6.07, 6.45) is 8.42. The van der Waals surface area contributed by atoms with Crippen molar-refractivity contribution in [2.24, 2.45) is 17.8 Å². The third-order valence-corrected chi connectivity index (χ3v) is 7.29. The van der Waals surface area contributed by atoms with Crippen LogP contribution < -0.4 is 9.50 Å². The van der Waals surface area contributed by atoms with Crippen molar-refractivity contribution in [3.05, 3.63) is 29.8 Å². The molecule has 6 nitrogen and oxygen atoms in total. The Morgan fingerprint density at radius 2 is 1.76 bits per heavy atom. The van der Waals surface area contributed by atoms with Gasteiger partial charge in [0.25, 0.3) is 0 Å². The van der Waals surface area contributed by atoms with Gasteiger partial charge in [0.2, 0.25) is 0 Å². The number of rotatable bonds is 6. The van der Waals surface area contributed by atoms with Gasteiger partial charge in [0.15, 0.2) is 0 Å². The molecule has 0 saturated heterocycles. The molecule has 4 fully saturated rings. The Bertz CT molecular complexity index is 845. The summed E-state index contributed by atoms with van der Waals surface area (Å²) in [7, 11) is -3.58. The molecule has 1 aromatic rings. The van der Waals surface area contributed by atoms with Gasteiger partial charge < -0.3 is 14.4 Å². The second kappa shape index (κ2) is 7.49. The van der Waals surface area contributed by atoms with Crippen LogP contribution in [0.2, 0.25) is 0 Å². The number of hydrogen-bond acceptors (Lipinski definition) is 4. The zero-order valence-electron chi connectivity index (χ0n) is 17.6. The first-order valence-electron chi connectivity index (χ1n) is 10.7. The van der Waals surface area contributed by atoms with Crippen LogP contribution in [-0.4, -0.2) is 37.2 Å². The molecule has 0 radical (unpaired) electrons. The number of nitrogens with one attached hydrogen (secondary N) is 1. The van der Waals surface area contributed by atoms with Crippen LogP contribution in [-0.2, 0) is 16.7 Å². The van der Waals surface area contributed by atoms with E-state index in [0.29, 0.717) is 6.54 Å². The Kier molecular flexibility index (Phi) is 5.30. The van der Waals surface area contributed by atoms with Gasteiger partial charge in [-0.3, -0.25) is 0 Å². The molecule has 0 spiro atoms. The van der Waals surface area contributed by atoms with Gasteiger partial charge in [0.05, 0.1) is 6.26 Å². The van der Waals surface area contributed by atoms with E-state index in [2.05, 4.69) is 5.32 Å². The van der Waals surface area contributed by atoms with E-state index in [0.717, 1.165) is 48.8 Å². The predicted octanol–water partition coefficient (Wildman–Crippen LogP) is 3.91. The molecule has 0 aromatic heterocycles. The van der Waals surface area contributed by atoms with E-state index in [1.165, 1.54) is 19.3 Å². The smallest absolute Gasteiger partial charge is 0.318 e. The van der Waals surface area contributed by atoms with E-state index in [9.17, 15) is 13.2 Å². The van der Waals surface area contributed by atoms with Crippen LogP contribution in [0, 0.1) is 17.8 Å². The van der Waals surface area contributed by atoms with E-state index in [1.807, 2.05) is 24.8 Å². The van der Waals surface area contributed by atoms with Crippen molar-refractivity contribution in [3.8, 4) is 5.75 Å². The zero-order chi connectivity index (χ0) is 20.8. The average Bonchev–Trinajstić information content (AvgIpc) is 2.56. The topological polar surface area (TPSA) is 75.7 Å². The first-order valence-corrected chi connectivity index (χ1v) is 12.5. The molecular weight excluding hydrogens is 388 g/mol. The SMILES string of the molecule is CC(C)N(Cc1cccc(OS(C)(=O)=O)c1)C(=O)NC12CC3CC(CC(C3)C1)C2. The number of amides is 2. The van der Waals surface area contributed by atoms with Gasteiger partial charge >= 0.3 is 16.1 Å². The molecule has 1 aromatic carbocycles. The minimum Gasteiger partial charge on any atom is -0.383 e. The van der Waals surface area contributed by atoms with Gasteiger partial charge in [-0.2, -0.15) is 8.42 Å². The van der Waals surface area contributed by atoms with Crippen molar-refractivity contribution < 1.29 is 17.4 Å². The summed E-state index contributed by atoms with van der Waals surface area (Å²) in [6, 6.07) is 6.96. The summed E-state index contributed by atoms with van der Waals surface area (Å²) in [5, 5.41) is 3.44. The molecule has 4 saturated carbocycles. The summed E-state index contributed by atoms with van der Waals surface area (Å²) in [4.78, 5) is 15.1. The zero-order valence-corrected chi connectivity index (χ0v) is 18.4. The van der Waals surface area contributed by atoms with Crippen LogP contribution in [0.5, 0.6) is 5.75 Å². The lowest BCUT2D eigenvalue weighted by Crippen LogP contribution is -2.62. The molecule has 160 valence electrons. The number of urea groups is 1. The molecule has 7 heteroatoms. The molecule has 0 unspecified atom stereocenters. The molecule has 0 atom stereocenters. The van der Waals surface area contributed by atoms with Gasteiger partial charge in [-0.05, 0) is 87.8 Å². The van der Waals surface area contributed by atoms with E-state index >= 15 is 0 Å². The van der Waals surface area contributed by atoms with Crippen LogP contribution in [0.15, 0.2) is 24.3 Å². The van der Waals surface area contributed by atoms with Crippen LogP contribution >= 0.6 is 0 Å². The van der Waals surface area contributed by atoms with Crippen molar-refractivity contribution in [2.75, 3.05) is 6.26 Å². The first kappa shape index (κ1) is 20.5. The molecule has 4 aliphatic rings. The highest BCUT2D eigenvalue weighted by Gasteiger charge is 2.51. The van der Waals surface area contributed by atoms with Crippen molar-refractivity contribution in [3.63, 3.8) is 0 Å². The van der Waals surface area contributed by atoms with Crippen LogP contribution in [0.1, 0.15) is 57.9 Å². The number of nitrogens with zero attached hydrogens (tertiary/aromatic N) is 1. The van der Waals surface area contributed by atoms with Crippen molar-refractivity contribution in [1.82, 2.24) is 10.2 Å². The number of benzene rings is 1. The lowest BCUT2D eigenvalue weighted by Gasteiger charge is -2.57. The summed E-state index contributed by atoms with van der Waals surface area (Å²) in [5.74, 6) is 2.60. The number of carbonyl (C=O) groups is 1. The van der Waals surface area contributed by atoms with Crippen molar-refractivity contribution in [1.29, 1.82) is 0 Å². The predicted molar refractivity (Wildman–Crippen MR) is 112 cm³/mol. The molecule has 2 amide bonds. The largest absolute Gasteiger partial charge is 0.383 e. The Balaban J connectivity index is 1.47. The number of hydrogen-bond donors (Lipinski definition) is 1. The van der Waals surface area contributed by atoms with E-state index in [1.54, 1.807) is 18.2 Å². The van der Waals surface area contributed by atoms with Crippen molar-refractivity contribution >= 4 is 16.1 Å². The summed E-state index contributed by atoms with van der Waals surface area (Å²) in [5.41, 5.74) is 0.820. The fraction of sp³-hybridized carbons (Fsp3) is 0.682. The quantitative estimate of drug-likeness (QED) is 0.708. The van der Waals surface area contributed by atoms with Gasteiger partial charge in [-0.15, -0.1) is 0 Å². The molecule has 0 heterocycles. The second-order valence-electron chi connectivity index (χ2n) is 9.78. The summed E-state index contributed by atoms with van der Waals surface area (Å²) < 4.78 is 27.8. The summed E-state index contributed by atoms with van der Waals surface area (Å²) in [6.45, 7) is 4.43. The minimum absolute atomic E-state index is 0.0172. The maximum Gasteiger partial charge on any atom is 0.318 e. The molecule has 5 rings (SSSR count). The first-order chi connectivity index (χ1) is 13.6. The highest BCUT2D eigenvalue weighted by molar-refractivity contribution is 7.86. The van der Waals surface area contributed by atoms with Crippen molar-refractivity contribution in [2.45, 2.75) is 70.5 Å². The second-order valence-corrected chi connectivity index (χ2v) is 11.4. The third kappa shape index (κ3) is 4.71. The Labute approximate surface area is 174 Å². The number of carbonyl (C=O) groups excluding carboxylic acids is 1. The lowest BCUT2D eigenvalue weighted by atomic mass is 9.53. The molecule has 4 bridgehead atoms. The molecule has 1 N–H and O–H groups in total.